The van der Waals surface area contributed by atoms with Crippen molar-refractivity contribution < 1.29 is 24.3 Å². The van der Waals surface area contributed by atoms with E-state index in [1.807, 2.05) is 26.8 Å². The lowest BCUT2D eigenvalue weighted by atomic mass is 9.93. The van der Waals surface area contributed by atoms with Crippen molar-refractivity contribution >= 4 is 35.2 Å². The van der Waals surface area contributed by atoms with Gasteiger partial charge in [0.25, 0.3) is 0 Å². The summed E-state index contributed by atoms with van der Waals surface area (Å²) in [5.74, 6) is -1.42. The zero-order valence-electron chi connectivity index (χ0n) is 19.0. The predicted octanol–water partition coefficient (Wildman–Crippen LogP) is 1.61. The number of amides is 4. The minimum Gasteiger partial charge on any atom is -0.465 e. The number of hydrogen-bond acceptors (Lipinski definition) is 5. The molecule has 1 aromatic carbocycles. The second kappa shape index (κ2) is 10.3. The monoisotopic (exact) mass is 447 g/mol. The number of anilines is 2. The Labute approximate surface area is 187 Å². The quantitative estimate of drug-likeness (QED) is 0.315. The van der Waals surface area contributed by atoms with E-state index >= 15 is 0 Å². The zero-order valence-corrected chi connectivity index (χ0v) is 19.0. The highest BCUT2D eigenvalue weighted by Crippen LogP contribution is 2.28. The number of rotatable bonds is 9. The van der Waals surface area contributed by atoms with E-state index in [4.69, 9.17) is 10.8 Å². The van der Waals surface area contributed by atoms with Crippen LogP contribution in [0.4, 0.5) is 16.2 Å². The van der Waals surface area contributed by atoms with Crippen molar-refractivity contribution in [3.63, 3.8) is 0 Å². The normalized spacial score (nSPS) is 18.0. The van der Waals surface area contributed by atoms with Gasteiger partial charge in [0.05, 0.1) is 11.4 Å². The molecule has 0 radical (unpaired) electrons. The largest absolute Gasteiger partial charge is 0.465 e. The molecule has 7 N–H and O–H groups in total. The van der Waals surface area contributed by atoms with Gasteiger partial charge in [-0.05, 0) is 37.3 Å². The first-order chi connectivity index (χ1) is 15.0. The van der Waals surface area contributed by atoms with Crippen LogP contribution in [0.5, 0.6) is 0 Å². The first kappa shape index (κ1) is 25.0. The summed E-state index contributed by atoms with van der Waals surface area (Å²) in [5.41, 5.74) is 6.33. The molecule has 176 valence electrons. The summed E-state index contributed by atoms with van der Waals surface area (Å²) >= 11 is 0. The van der Waals surface area contributed by atoms with Gasteiger partial charge in [-0.2, -0.15) is 0 Å². The summed E-state index contributed by atoms with van der Waals surface area (Å²) in [6.45, 7) is 7.12. The Morgan fingerprint density at radius 1 is 1.31 bits per heavy atom. The number of nitrogen functional groups attached to an aromatic ring is 1. The molecule has 0 saturated carbocycles. The maximum absolute atomic E-state index is 13.0. The molecule has 4 amide bonds. The average molecular weight is 448 g/mol. The van der Waals surface area contributed by atoms with Gasteiger partial charge >= 0.3 is 6.09 Å². The van der Waals surface area contributed by atoms with Crippen molar-refractivity contribution in [1.29, 1.82) is 0 Å². The van der Waals surface area contributed by atoms with Crippen LogP contribution in [0.25, 0.3) is 0 Å². The van der Waals surface area contributed by atoms with Gasteiger partial charge in [0.1, 0.15) is 17.6 Å². The predicted molar refractivity (Wildman–Crippen MR) is 121 cm³/mol. The molecule has 1 aromatic rings. The standard InChI is InChI=1S/C22H33N5O5/c1-5-9-22(4,27-21(31)32)20(30)25-15(10-12(2)3)18(28)24-16-11-13-7-6-8-14(23)17(13)26-19(16)29/h6-8,12,15-16,27H,5,9-11,23H2,1-4H3,(H,24,28)(H,25,30)(H,26,29)(H,31,32)/t15-,16?,22?/m1/s1. The maximum Gasteiger partial charge on any atom is 0.405 e. The van der Waals surface area contributed by atoms with Gasteiger partial charge in [0.2, 0.25) is 17.7 Å². The highest BCUT2D eigenvalue weighted by molar-refractivity contribution is 6.03. The van der Waals surface area contributed by atoms with Crippen molar-refractivity contribution in [1.82, 2.24) is 16.0 Å². The van der Waals surface area contributed by atoms with E-state index in [-0.39, 0.29) is 24.7 Å². The fourth-order valence-corrected chi connectivity index (χ4v) is 3.84. The second-order valence-corrected chi connectivity index (χ2v) is 8.80. The van der Waals surface area contributed by atoms with Crippen LogP contribution in [-0.2, 0) is 20.8 Å². The molecule has 1 heterocycles. The molecule has 0 fully saturated rings. The lowest BCUT2D eigenvalue weighted by molar-refractivity contribution is -0.134. The zero-order chi connectivity index (χ0) is 24.1. The number of carbonyl (C=O) groups is 4. The van der Waals surface area contributed by atoms with Crippen LogP contribution in [0.15, 0.2) is 18.2 Å². The fourth-order valence-electron chi connectivity index (χ4n) is 3.84. The van der Waals surface area contributed by atoms with E-state index in [1.54, 1.807) is 12.1 Å². The number of benzene rings is 1. The van der Waals surface area contributed by atoms with Gasteiger partial charge in [0, 0.05) is 6.42 Å². The van der Waals surface area contributed by atoms with Crippen molar-refractivity contribution in [2.24, 2.45) is 5.92 Å². The minimum absolute atomic E-state index is 0.0663. The summed E-state index contributed by atoms with van der Waals surface area (Å²) in [7, 11) is 0. The van der Waals surface area contributed by atoms with E-state index in [1.165, 1.54) is 6.92 Å². The number of fused-ring (bicyclic) bond motifs is 1. The van der Waals surface area contributed by atoms with E-state index in [0.717, 1.165) is 5.56 Å². The molecule has 2 unspecified atom stereocenters. The molecule has 32 heavy (non-hydrogen) atoms. The summed E-state index contributed by atoms with van der Waals surface area (Å²) in [4.78, 5) is 49.7. The maximum atomic E-state index is 13.0. The highest BCUT2D eigenvalue weighted by Gasteiger charge is 2.37. The molecular weight excluding hydrogens is 414 g/mol. The Kier molecular flexibility index (Phi) is 8.07. The molecule has 0 spiro atoms. The van der Waals surface area contributed by atoms with Crippen molar-refractivity contribution in [3.8, 4) is 0 Å². The number of nitrogens with two attached hydrogens (primary N) is 1. The summed E-state index contributed by atoms with van der Waals surface area (Å²) in [6.07, 6.45) is 0.109. The van der Waals surface area contributed by atoms with E-state index in [9.17, 15) is 19.2 Å². The Balaban J connectivity index is 2.16. The molecule has 0 aliphatic carbocycles. The Morgan fingerprint density at radius 2 is 2.00 bits per heavy atom. The second-order valence-electron chi connectivity index (χ2n) is 8.80. The molecule has 3 atom stereocenters. The van der Waals surface area contributed by atoms with Crippen molar-refractivity contribution in [3.05, 3.63) is 23.8 Å². The molecule has 10 heteroatoms. The first-order valence-corrected chi connectivity index (χ1v) is 10.8. The van der Waals surface area contributed by atoms with Gasteiger partial charge < -0.3 is 32.1 Å². The van der Waals surface area contributed by atoms with Gasteiger partial charge in [-0.15, -0.1) is 0 Å². The third-order valence-corrected chi connectivity index (χ3v) is 5.45. The van der Waals surface area contributed by atoms with Crippen LogP contribution in [0.3, 0.4) is 0 Å². The van der Waals surface area contributed by atoms with Gasteiger partial charge in [-0.25, -0.2) is 4.79 Å². The fraction of sp³-hybridized carbons (Fsp3) is 0.545. The van der Waals surface area contributed by atoms with Gasteiger partial charge in [0.15, 0.2) is 0 Å². The molecule has 2 rings (SSSR count). The van der Waals surface area contributed by atoms with Gasteiger partial charge in [-0.1, -0.05) is 39.3 Å². The van der Waals surface area contributed by atoms with Crippen LogP contribution in [0, 0.1) is 5.92 Å². The molecule has 0 bridgehead atoms. The van der Waals surface area contributed by atoms with E-state index in [0.29, 0.717) is 24.2 Å². The number of nitrogens with one attached hydrogen (secondary N) is 4. The average Bonchev–Trinajstić information content (AvgIpc) is 2.68. The molecule has 1 aliphatic rings. The summed E-state index contributed by atoms with van der Waals surface area (Å²) in [6, 6.07) is 3.54. The number of carbonyl (C=O) groups excluding carboxylic acids is 3. The molecule has 0 saturated heterocycles. The summed E-state index contributed by atoms with van der Waals surface area (Å²) < 4.78 is 0. The lowest BCUT2D eigenvalue weighted by Crippen LogP contribution is -2.61. The van der Waals surface area contributed by atoms with Crippen LogP contribution in [0.2, 0.25) is 0 Å². The third-order valence-electron chi connectivity index (χ3n) is 5.45. The Hall–Kier alpha value is -3.30. The van der Waals surface area contributed by atoms with Crippen molar-refractivity contribution in [2.45, 2.75) is 71.0 Å². The Morgan fingerprint density at radius 3 is 2.59 bits per heavy atom. The van der Waals surface area contributed by atoms with E-state index < -0.39 is 35.5 Å². The van der Waals surface area contributed by atoms with Crippen molar-refractivity contribution in [2.75, 3.05) is 11.1 Å². The van der Waals surface area contributed by atoms with Crippen LogP contribution < -0.4 is 27.0 Å². The number of hydrogen-bond donors (Lipinski definition) is 6. The van der Waals surface area contributed by atoms with E-state index in [2.05, 4.69) is 21.3 Å². The number of carboxylic acid groups (broad SMARTS) is 1. The van der Waals surface area contributed by atoms with Crippen LogP contribution in [0.1, 0.15) is 52.5 Å². The minimum atomic E-state index is -1.38. The van der Waals surface area contributed by atoms with Gasteiger partial charge in [-0.3, -0.25) is 14.4 Å². The topological polar surface area (TPSA) is 163 Å². The summed E-state index contributed by atoms with van der Waals surface area (Å²) in [5, 5.41) is 19.5. The first-order valence-electron chi connectivity index (χ1n) is 10.8. The smallest absolute Gasteiger partial charge is 0.405 e. The molecule has 10 nitrogen and oxygen atoms in total. The third kappa shape index (κ3) is 6.12. The number of para-hydroxylation sites is 1. The van der Waals surface area contributed by atoms with Crippen LogP contribution in [-0.4, -0.2) is 46.5 Å². The van der Waals surface area contributed by atoms with Crippen LogP contribution >= 0.6 is 0 Å². The molecular formula is C22H33N5O5. The lowest BCUT2D eigenvalue weighted by Gasteiger charge is -2.32. The highest BCUT2D eigenvalue weighted by atomic mass is 16.4. The molecule has 1 aliphatic heterocycles. The molecule has 0 aromatic heterocycles. The SMILES string of the molecule is CCCC(C)(NC(=O)O)C(=O)N[C@H](CC(C)C)C(=O)NC1Cc2cccc(N)c2NC1=O. The Bertz CT molecular complexity index is 887.